The summed E-state index contributed by atoms with van der Waals surface area (Å²) in [5.41, 5.74) is 1.51. The lowest BCUT2D eigenvalue weighted by atomic mass is 10.0. The zero-order valence-electron chi connectivity index (χ0n) is 17.8. The topological polar surface area (TPSA) is 40.5 Å². The van der Waals surface area contributed by atoms with E-state index >= 15 is 0 Å². The van der Waals surface area contributed by atoms with Gasteiger partial charge < -0.3 is 10.2 Å². The first-order valence-corrected chi connectivity index (χ1v) is 11.3. The summed E-state index contributed by atoms with van der Waals surface area (Å²) in [6, 6.07) is 3.30. The fourth-order valence-electron chi connectivity index (χ4n) is 3.50. The molecule has 0 saturated heterocycles. The Morgan fingerprint density at radius 1 is 0.667 bits per heavy atom. The monoisotopic (exact) mass is 374 g/mol. The first-order chi connectivity index (χ1) is 13.1. The highest BCUT2D eigenvalue weighted by atomic mass is 16.3. The molecule has 1 rings (SSSR count). The number of aryl methyl sites for hydroxylation is 1. The molecule has 2 N–H and O–H groups in total. The van der Waals surface area contributed by atoms with E-state index in [4.69, 9.17) is 0 Å². The van der Waals surface area contributed by atoms with Gasteiger partial charge in [-0.15, -0.1) is 0 Å². The van der Waals surface area contributed by atoms with E-state index in [1.807, 2.05) is 0 Å². The van der Waals surface area contributed by atoms with Crippen LogP contribution in [0.5, 0.6) is 11.5 Å². The number of phenolic OH excluding ortho intramolecular Hbond substituents is 2. The van der Waals surface area contributed by atoms with Crippen LogP contribution in [0.1, 0.15) is 108 Å². The van der Waals surface area contributed by atoms with Gasteiger partial charge in [-0.3, -0.25) is 0 Å². The minimum atomic E-state index is 0.257. The largest absolute Gasteiger partial charge is 0.508 e. The quantitative estimate of drug-likeness (QED) is 0.175. The predicted molar refractivity (Wildman–Crippen MR) is 118 cm³/mol. The number of hydrogen-bond acceptors (Lipinski definition) is 2. The number of benzene rings is 1. The van der Waals surface area contributed by atoms with Gasteiger partial charge in [-0.25, -0.2) is 0 Å². The van der Waals surface area contributed by atoms with Crippen molar-refractivity contribution < 1.29 is 10.2 Å². The molecule has 0 atom stereocenters. The highest BCUT2D eigenvalue weighted by Crippen LogP contribution is 2.27. The van der Waals surface area contributed by atoms with Gasteiger partial charge in [-0.05, 0) is 43.9 Å². The van der Waals surface area contributed by atoms with Gasteiger partial charge in [0, 0.05) is 5.56 Å². The van der Waals surface area contributed by atoms with Crippen LogP contribution in [0.3, 0.4) is 0 Å². The van der Waals surface area contributed by atoms with Crippen LogP contribution in [-0.4, -0.2) is 10.2 Å². The van der Waals surface area contributed by atoms with E-state index in [1.165, 1.54) is 83.5 Å². The van der Waals surface area contributed by atoms with Crippen molar-refractivity contribution in [3.05, 3.63) is 35.4 Å². The smallest absolute Gasteiger partial charge is 0.119 e. The molecule has 0 unspecified atom stereocenters. The van der Waals surface area contributed by atoms with Gasteiger partial charge >= 0.3 is 0 Å². The summed E-state index contributed by atoms with van der Waals surface area (Å²) < 4.78 is 0. The van der Waals surface area contributed by atoms with Crippen molar-refractivity contribution in [2.75, 3.05) is 0 Å². The maximum atomic E-state index is 9.90. The second kappa shape index (κ2) is 15.6. The standard InChI is InChI=1S/C25H42O2/c1-3-4-5-6-7-8-9-10-11-12-13-14-15-16-17-18-19-23-21-24(26)22(2)20-25(23)27/h17-18,20-21,26-27H,3-16,19H2,1-2H3/b18-17+. The average molecular weight is 375 g/mol. The third kappa shape index (κ3) is 11.8. The molecule has 0 aliphatic heterocycles. The average Bonchev–Trinajstić information content (AvgIpc) is 2.65. The van der Waals surface area contributed by atoms with Crippen LogP contribution >= 0.6 is 0 Å². The Labute approximate surface area is 167 Å². The van der Waals surface area contributed by atoms with Gasteiger partial charge in [0.1, 0.15) is 11.5 Å². The summed E-state index contributed by atoms with van der Waals surface area (Å²) in [7, 11) is 0. The van der Waals surface area contributed by atoms with Crippen molar-refractivity contribution in [1.29, 1.82) is 0 Å². The Morgan fingerprint density at radius 3 is 1.74 bits per heavy atom. The predicted octanol–water partition coefficient (Wildman–Crippen LogP) is 7.99. The number of rotatable bonds is 16. The van der Waals surface area contributed by atoms with Gasteiger partial charge in [0.2, 0.25) is 0 Å². The van der Waals surface area contributed by atoms with Crippen LogP contribution in [0.2, 0.25) is 0 Å². The zero-order valence-corrected chi connectivity index (χ0v) is 17.8. The fourth-order valence-corrected chi connectivity index (χ4v) is 3.50. The van der Waals surface area contributed by atoms with Crippen LogP contribution in [-0.2, 0) is 6.42 Å². The Kier molecular flexibility index (Phi) is 13.6. The highest BCUT2D eigenvalue weighted by molar-refractivity contribution is 5.45. The molecular weight excluding hydrogens is 332 g/mol. The van der Waals surface area contributed by atoms with Crippen molar-refractivity contribution in [3.63, 3.8) is 0 Å². The number of aromatic hydroxyl groups is 2. The van der Waals surface area contributed by atoms with E-state index in [2.05, 4.69) is 19.1 Å². The van der Waals surface area contributed by atoms with Gasteiger partial charge in [0.05, 0.1) is 0 Å². The molecule has 0 saturated carbocycles. The molecule has 1 aromatic rings. The van der Waals surface area contributed by atoms with Crippen molar-refractivity contribution in [2.24, 2.45) is 0 Å². The molecule has 0 aliphatic rings. The van der Waals surface area contributed by atoms with E-state index < -0.39 is 0 Å². The Morgan fingerprint density at radius 2 is 1.19 bits per heavy atom. The SMILES string of the molecule is CCCCCCCCCCCCCCC/C=C/Cc1cc(O)c(C)cc1O. The molecule has 2 nitrogen and oxygen atoms in total. The van der Waals surface area contributed by atoms with Crippen LogP contribution < -0.4 is 0 Å². The van der Waals surface area contributed by atoms with Crippen molar-refractivity contribution >= 4 is 0 Å². The molecule has 0 fully saturated rings. The molecule has 0 amide bonds. The van der Waals surface area contributed by atoms with Crippen LogP contribution in [0.15, 0.2) is 24.3 Å². The molecule has 0 aromatic heterocycles. The lowest BCUT2D eigenvalue weighted by Crippen LogP contribution is -1.85. The number of phenols is 2. The summed E-state index contributed by atoms with van der Waals surface area (Å²) in [5, 5.41) is 19.6. The van der Waals surface area contributed by atoms with Crippen molar-refractivity contribution in [3.8, 4) is 11.5 Å². The zero-order chi connectivity index (χ0) is 19.7. The molecule has 0 radical (unpaired) electrons. The number of hydrogen-bond donors (Lipinski definition) is 2. The molecule has 2 heteroatoms. The first-order valence-electron chi connectivity index (χ1n) is 11.3. The second-order valence-corrected chi connectivity index (χ2v) is 7.97. The van der Waals surface area contributed by atoms with E-state index in [1.54, 1.807) is 19.1 Å². The fraction of sp³-hybridized carbons (Fsp3) is 0.680. The third-order valence-corrected chi connectivity index (χ3v) is 5.38. The lowest BCUT2D eigenvalue weighted by Gasteiger charge is -2.05. The minimum absolute atomic E-state index is 0.257. The number of allylic oxidation sites excluding steroid dienone is 2. The van der Waals surface area contributed by atoms with Crippen LogP contribution in [0, 0.1) is 6.92 Å². The van der Waals surface area contributed by atoms with E-state index in [-0.39, 0.29) is 11.5 Å². The van der Waals surface area contributed by atoms with Crippen molar-refractivity contribution in [2.45, 2.75) is 110 Å². The molecule has 0 spiro atoms. The number of unbranched alkanes of at least 4 members (excludes halogenated alkanes) is 13. The van der Waals surface area contributed by atoms with Gasteiger partial charge in [-0.1, -0.05) is 96.1 Å². The first kappa shape index (κ1) is 23.6. The summed E-state index contributed by atoms with van der Waals surface area (Å²) in [6.45, 7) is 4.07. The maximum Gasteiger partial charge on any atom is 0.119 e. The maximum absolute atomic E-state index is 9.90. The van der Waals surface area contributed by atoms with Crippen LogP contribution in [0.25, 0.3) is 0 Å². The lowest BCUT2D eigenvalue weighted by molar-refractivity contribution is 0.452. The molecule has 0 aliphatic carbocycles. The molecular formula is C25H42O2. The summed E-state index contributed by atoms with van der Waals surface area (Å²) in [5.74, 6) is 0.531. The van der Waals surface area contributed by atoms with Gasteiger partial charge in [-0.2, -0.15) is 0 Å². The molecule has 27 heavy (non-hydrogen) atoms. The molecule has 0 bridgehead atoms. The summed E-state index contributed by atoms with van der Waals surface area (Å²) in [6.07, 6.45) is 24.1. The van der Waals surface area contributed by atoms with E-state index in [0.717, 1.165) is 12.0 Å². The Balaban J connectivity index is 1.92. The molecule has 1 aromatic carbocycles. The summed E-state index contributed by atoms with van der Waals surface area (Å²) in [4.78, 5) is 0. The Bertz CT molecular complexity index is 519. The summed E-state index contributed by atoms with van der Waals surface area (Å²) >= 11 is 0. The van der Waals surface area contributed by atoms with E-state index in [0.29, 0.717) is 12.0 Å². The third-order valence-electron chi connectivity index (χ3n) is 5.38. The molecule has 154 valence electrons. The van der Waals surface area contributed by atoms with Crippen molar-refractivity contribution in [1.82, 2.24) is 0 Å². The normalized spacial score (nSPS) is 11.5. The van der Waals surface area contributed by atoms with Gasteiger partial charge in [0.15, 0.2) is 0 Å². The Hall–Kier alpha value is -1.44. The molecule has 0 heterocycles. The van der Waals surface area contributed by atoms with E-state index in [9.17, 15) is 10.2 Å². The van der Waals surface area contributed by atoms with Gasteiger partial charge in [0.25, 0.3) is 0 Å². The highest BCUT2D eigenvalue weighted by Gasteiger charge is 2.04. The minimum Gasteiger partial charge on any atom is -0.508 e. The second-order valence-electron chi connectivity index (χ2n) is 7.97. The van der Waals surface area contributed by atoms with Crippen LogP contribution in [0.4, 0.5) is 0 Å².